The summed E-state index contributed by atoms with van der Waals surface area (Å²) >= 11 is 0. The van der Waals surface area contributed by atoms with Gasteiger partial charge < -0.3 is 19.8 Å². The van der Waals surface area contributed by atoms with E-state index in [2.05, 4.69) is 0 Å². The summed E-state index contributed by atoms with van der Waals surface area (Å²) < 4.78 is 25.0. The molecule has 0 bridgehead atoms. The average molecular weight is 287 g/mol. The maximum absolute atomic E-state index is 13.0. The lowest BCUT2D eigenvalue weighted by Crippen LogP contribution is -2.03. The van der Waals surface area contributed by atoms with Crippen molar-refractivity contribution >= 4 is 18.2 Å². The molecule has 2 N–H and O–H groups in total. The molecular weight excluding hydrogens is 271 g/mol. The van der Waals surface area contributed by atoms with Crippen LogP contribution in [0.15, 0.2) is 30.5 Å². The van der Waals surface area contributed by atoms with Gasteiger partial charge in [-0.2, -0.15) is 0 Å². The molecule has 0 aliphatic heterocycles. The van der Waals surface area contributed by atoms with E-state index in [1.807, 2.05) is 18.2 Å². The fourth-order valence-electron chi connectivity index (χ4n) is 1.80. The quantitative estimate of drug-likeness (QED) is 0.940. The van der Waals surface area contributed by atoms with Crippen molar-refractivity contribution in [2.24, 2.45) is 0 Å². The summed E-state index contributed by atoms with van der Waals surface area (Å²) in [7, 11) is 3.15. The van der Waals surface area contributed by atoms with Gasteiger partial charge in [-0.05, 0) is 17.7 Å². The second kappa shape index (κ2) is 6.33. The van der Waals surface area contributed by atoms with Gasteiger partial charge in [0.2, 0.25) is 0 Å². The highest BCUT2D eigenvalue weighted by Crippen LogP contribution is 2.28. The number of rotatable bonds is 4. The van der Waals surface area contributed by atoms with Gasteiger partial charge in [0.05, 0.1) is 14.2 Å². The van der Waals surface area contributed by atoms with E-state index in [4.69, 9.17) is 15.2 Å². The van der Waals surface area contributed by atoms with Crippen LogP contribution in [0, 0.1) is 5.82 Å². The molecule has 0 saturated carbocycles. The lowest BCUT2D eigenvalue weighted by molar-refractivity contribution is 0.354. The van der Waals surface area contributed by atoms with Crippen LogP contribution in [0.25, 0.3) is 0 Å². The van der Waals surface area contributed by atoms with Crippen LogP contribution in [-0.2, 0) is 6.54 Å². The molecular formula is C13H16ClFN2O2. The van der Waals surface area contributed by atoms with Crippen molar-refractivity contribution in [3.63, 3.8) is 0 Å². The standard InChI is InChI=1S/C13H15FN2O2.ClH/c1-17-11-4-3-9(5-12(11)18-2)7-16-8-10(14)6-13(16)15;/h3-6,8H,7,15H2,1-2H3;1H. The van der Waals surface area contributed by atoms with Gasteiger partial charge in [-0.1, -0.05) is 6.07 Å². The van der Waals surface area contributed by atoms with Crippen molar-refractivity contribution < 1.29 is 13.9 Å². The third-order valence-corrected chi connectivity index (χ3v) is 2.70. The SMILES string of the molecule is COc1ccc(Cn2cc(F)cc2N)cc1OC.Cl. The summed E-state index contributed by atoms with van der Waals surface area (Å²) in [6.45, 7) is 0.482. The number of benzene rings is 1. The Morgan fingerprint density at radius 1 is 1.16 bits per heavy atom. The molecule has 0 aliphatic rings. The third-order valence-electron chi connectivity index (χ3n) is 2.70. The van der Waals surface area contributed by atoms with Crippen LogP contribution in [0.2, 0.25) is 0 Å². The first-order chi connectivity index (χ1) is 8.63. The zero-order valence-corrected chi connectivity index (χ0v) is 11.5. The molecule has 0 saturated heterocycles. The van der Waals surface area contributed by atoms with Crippen LogP contribution in [0.3, 0.4) is 0 Å². The highest BCUT2D eigenvalue weighted by molar-refractivity contribution is 5.85. The number of ether oxygens (including phenoxy) is 2. The first kappa shape index (κ1) is 15.2. The van der Waals surface area contributed by atoms with E-state index in [0.29, 0.717) is 23.9 Å². The molecule has 1 aromatic carbocycles. The Hall–Kier alpha value is -1.88. The topological polar surface area (TPSA) is 49.4 Å². The Bertz CT molecular complexity index is 558. The van der Waals surface area contributed by atoms with Gasteiger partial charge in [-0.25, -0.2) is 4.39 Å². The minimum atomic E-state index is -0.340. The van der Waals surface area contributed by atoms with E-state index in [1.165, 1.54) is 12.3 Å². The molecule has 2 rings (SSSR count). The minimum absolute atomic E-state index is 0. The molecule has 1 heterocycles. The summed E-state index contributed by atoms with van der Waals surface area (Å²) in [4.78, 5) is 0. The van der Waals surface area contributed by atoms with E-state index in [9.17, 15) is 4.39 Å². The Kier molecular flexibility index (Phi) is 5.06. The molecule has 0 amide bonds. The second-order valence-corrected chi connectivity index (χ2v) is 3.90. The highest BCUT2D eigenvalue weighted by Gasteiger charge is 2.07. The molecule has 0 atom stereocenters. The number of methoxy groups -OCH3 is 2. The first-order valence-electron chi connectivity index (χ1n) is 5.46. The third kappa shape index (κ3) is 3.32. The molecule has 0 unspecified atom stereocenters. The summed E-state index contributed by atoms with van der Waals surface area (Å²) in [5.74, 6) is 1.35. The Morgan fingerprint density at radius 3 is 2.37 bits per heavy atom. The van der Waals surface area contributed by atoms with E-state index in [0.717, 1.165) is 5.56 Å². The van der Waals surface area contributed by atoms with Crippen molar-refractivity contribution in [1.82, 2.24) is 4.57 Å². The minimum Gasteiger partial charge on any atom is -0.493 e. The van der Waals surface area contributed by atoms with Crippen LogP contribution in [0.4, 0.5) is 10.2 Å². The van der Waals surface area contributed by atoms with Gasteiger partial charge in [0.15, 0.2) is 11.5 Å². The second-order valence-electron chi connectivity index (χ2n) is 3.90. The van der Waals surface area contributed by atoms with Crippen molar-refractivity contribution in [2.75, 3.05) is 20.0 Å². The first-order valence-corrected chi connectivity index (χ1v) is 5.46. The molecule has 2 aromatic rings. The van der Waals surface area contributed by atoms with Gasteiger partial charge in [0.1, 0.15) is 11.6 Å². The molecule has 0 aliphatic carbocycles. The van der Waals surface area contributed by atoms with Crippen molar-refractivity contribution in [2.45, 2.75) is 6.54 Å². The summed E-state index contributed by atoms with van der Waals surface area (Å²) in [6, 6.07) is 6.83. The number of anilines is 1. The maximum atomic E-state index is 13.0. The summed E-state index contributed by atoms with van der Waals surface area (Å²) in [5, 5.41) is 0. The van der Waals surface area contributed by atoms with Gasteiger partial charge in [0.25, 0.3) is 0 Å². The largest absolute Gasteiger partial charge is 0.493 e. The summed E-state index contributed by atoms with van der Waals surface area (Å²) in [6.07, 6.45) is 1.37. The van der Waals surface area contributed by atoms with E-state index in [-0.39, 0.29) is 18.2 Å². The number of hydrogen-bond donors (Lipinski definition) is 1. The van der Waals surface area contributed by atoms with Crippen LogP contribution >= 0.6 is 12.4 Å². The normalized spacial score (nSPS) is 9.84. The van der Waals surface area contributed by atoms with E-state index < -0.39 is 0 Å². The average Bonchev–Trinajstić information content (AvgIpc) is 2.67. The lowest BCUT2D eigenvalue weighted by Gasteiger charge is -2.10. The number of nitrogens with zero attached hydrogens (tertiary/aromatic N) is 1. The number of aromatic nitrogens is 1. The highest BCUT2D eigenvalue weighted by atomic mass is 35.5. The molecule has 0 radical (unpaired) electrons. The molecule has 6 heteroatoms. The molecule has 4 nitrogen and oxygen atoms in total. The van der Waals surface area contributed by atoms with Gasteiger partial charge >= 0.3 is 0 Å². The van der Waals surface area contributed by atoms with E-state index in [1.54, 1.807) is 18.8 Å². The van der Waals surface area contributed by atoms with Crippen LogP contribution in [0.5, 0.6) is 11.5 Å². The van der Waals surface area contributed by atoms with Crippen LogP contribution in [0.1, 0.15) is 5.56 Å². The fourth-order valence-corrected chi connectivity index (χ4v) is 1.80. The molecule has 19 heavy (non-hydrogen) atoms. The zero-order valence-electron chi connectivity index (χ0n) is 10.7. The zero-order chi connectivity index (χ0) is 13.1. The monoisotopic (exact) mass is 286 g/mol. The molecule has 104 valence electrons. The van der Waals surface area contributed by atoms with Crippen LogP contribution < -0.4 is 15.2 Å². The molecule has 0 fully saturated rings. The van der Waals surface area contributed by atoms with Crippen molar-refractivity contribution in [3.8, 4) is 11.5 Å². The Morgan fingerprint density at radius 2 is 1.84 bits per heavy atom. The number of nitrogen functional groups attached to an aromatic ring is 1. The maximum Gasteiger partial charge on any atom is 0.161 e. The van der Waals surface area contributed by atoms with Crippen LogP contribution in [-0.4, -0.2) is 18.8 Å². The molecule has 0 spiro atoms. The fraction of sp³-hybridized carbons (Fsp3) is 0.231. The number of hydrogen-bond acceptors (Lipinski definition) is 3. The van der Waals surface area contributed by atoms with Crippen molar-refractivity contribution in [3.05, 3.63) is 41.8 Å². The molecule has 1 aromatic heterocycles. The van der Waals surface area contributed by atoms with Gasteiger partial charge in [0, 0.05) is 18.8 Å². The van der Waals surface area contributed by atoms with E-state index >= 15 is 0 Å². The Labute approximate surface area is 117 Å². The summed E-state index contributed by atoms with van der Waals surface area (Å²) in [5.41, 5.74) is 6.64. The predicted molar refractivity (Wildman–Crippen MR) is 74.7 cm³/mol. The van der Waals surface area contributed by atoms with Crippen molar-refractivity contribution in [1.29, 1.82) is 0 Å². The number of nitrogens with two attached hydrogens (primary N) is 1. The van der Waals surface area contributed by atoms with Gasteiger partial charge in [-0.15, -0.1) is 12.4 Å². The number of halogens is 2. The Balaban J connectivity index is 0.00000180. The smallest absolute Gasteiger partial charge is 0.161 e. The van der Waals surface area contributed by atoms with Gasteiger partial charge in [-0.3, -0.25) is 0 Å². The lowest BCUT2D eigenvalue weighted by atomic mass is 10.2. The predicted octanol–water partition coefficient (Wildman–Crippen LogP) is 2.70.